The van der Waals surface area contributed by atoms with Crippen LogP contribution in [0.1, 0.15) is 134 Å². The van der Waals surface area contributed by atoms with Crippen LogP contribution in [-0.4, -0.2) is 45.8 Å². The van der Waals surface area contributed by atoms with Crippen LogP contribution in [0.3, 0.4) is 0 Å². The summed E-state index contributed by atoms with van der Waals surface area (Å²) < 4.78 is 42.4. The number of carboxylic acids is 3. The van der Waals surface area contributed by atoms with Crippen molar-refractivity contribution in [3.63, 3.8) is 0 Å². The highest BCUT2D eigenvalue weighted by Gasteiger charge is 2.34. The number of hydrogen-bond donors (Lipinski definition) is 3. The van der Waals surface area contributed by atoms with Crippen LogP contribution in [0.15, 0.2) is 42.5 Å². The first-order chi connectivity index (χ1) is 21.3. The van der Waals surface area contributed by atoms with Gasteiger partial charge in [0.1, 0.15) is 0 Å². The predicted molar refractivity (Wildman–Crippen MR) is 164 cm³/mol. The molecule has 250 valence electrons. The molecule has 0 aliphatic heterocycles. The first-order valence-corrected chi connectivity index (χ1v) is 15.5. The van der Waals surface area contributed by atoms with Gasteiger partial charge in [0.25, 0.3) is 0 Å². The number of esters is 1. The van der Waals surface area contributed by atoms with Gasteiger partial charge in [-0.2, -0.15) is 13.2 Å². The summed E-state index contributed by atoms with van der Waals surface area (Å²) in [6.45, 7) is 4.73. The maximum atomic E-state index is 12.4. The van der Waals surface area contributed by atoms with Crippen molar-refractivity contribution < 1.29 is 52.4 Å². The molecule has 8 nitrogen and oxygen atoms in total. The zero-order valence-corrected chi connectivity index (χ0v) is 26.0. The second-order valence-electron chi connectivity index (χ2n) is 10.8. The van der Waals surface area contributed by atoms with Crippen molar-refractivity contribution in [1.82, 2.24) is 0 Å². The van der Waals surface area contributed by atoms with Gasteiger partial charge in [-0.25, -0.2) is 9.59 Å². The number of carboxylic acid groups (broad SMARTS) is 3. The van der Waals surface area contributed by atoms with E-state index < -0.39 is 47.1 Å². The zero-order valence-electron chi connectivity index (χ0n) is 26.0. The highest BCUT2D eigenvalue weighted by Crippen LogP contribution is 2.31. The third kappa shape index (κ3) is 14.6. The standard InChI is InChI=1S/C24H38O4.C10H7F3O4/c1-3-5-7-9-11-13-16-20-17-15-18-21(22(20)23(25)26)24(27)28-19-14-12-10-8-6-4-2;11-10(12,13)6-3-1-2-5(4-6)7(8(14)15)9(16)17/h15,17-18H,3-14,16,19H2,1-2H3,(H,25,26);1-4,7H,(H,14,15)(H,16,17). The molecule has 0 heterocycles. The van der Waals surface area contributed by atoms with Crippen molar-refractivity contribution in [3.05, 3.63) is 70.3 Å². The van der Waals surface area contributed by atoms with Gasteiger partial charge in [0.15, 0.2) is 5.92 Å². The fourth-order valence-electron chi connectivity index (χ4n) is 4.74. The molecule has 2 aromatic rings. The number of hydrogen-bond acceptors (Lipinski definition) is 5. The molecule has 0 saturated heterocycles. The second-order valence-corrected chi connectivity index (χ2v) is 10.8. The van der Waals surface area contributed by atoms with Crippen LogP contribution in [0.2, 0.25) is 0 Å². The Morgan fingerprint density at radius 3 is 1.80 bits per heavy atom. The van der Waals surface area contributed by atoms with Gasteiger partial charge >= 0.3 is 30.1 Å². The van der Waals surface area contributed by atoms with Gasteiger partial charge in [-0.05, 0) is 42.5 Å². The molecule has 0 bridgehead atoms. The van der Waals surface area contributed by atoms with Gasteiger partial charge in [-0.1, -0.05) is 108 Å². The summed E-state index contributed by atoms with van der Waals surface area (Å²) in [6, 6.07) is 8.41. The van der Waals surface area contributed by atoms with E-state index >= 15 is 0 Å². The average molecular weight is 639 g/mol. The molecule has 0 aromatic heterocycles. The molecular weight excluding hydrogens is 593 g/mol. The summed E-state index contributed by atoms with van der Waals surface area (Å²) in [5.74, 6) is -6.99. The summed E-state index contributed by atoms with van der Waals surface area (Å²) in [5.41, 5.74) is -0.467. The lowest BCUT2D eigenvalue weighted by molar-refractivity contribution is -0.150. The van der Waals surface area contributed by atoms with Crippen molar-refractivity contribution in [2.45, 2.75) is 109 Å². The van der Waals surface area contributed by atoms with Crippen LogP contribution in [0, 0.1) is 0 Å². The van der Waals surface area contributed by atoms with E-state index in [1.54, 1.807) is 12.1 Å². The predicted octanol–water partition coefficient (Wildman–Crippen LogP) is 8.76. The lowest BCUT2D eigenvalue weighted by atomic mass is 9.96. The Hall–Kier alpha value is -3.89. The van der Waals surface area contributed by atoms with E-state index in [4.69, 9.17) is 14.9 Å². The molecule has 0 saturated carbocycles. The maximum absolute atomic E-state index is 12.4. The second kappa shape index (κ2) is 21.0. The van der Waals surface area contributed by atoms with Crippen LogP contribution in [-0.2, 0) is 26.9 Å². The molecule has 0 fully saturated rings. The van der Waals surface area contributed by atoms with Crippen molar-refractivity contribution in [2.24, 2.45) is 0 Å². The lowest BCUT2D eigenvalue weighted by Crippen LogP contribution is -2.21. The molecule has 0 aliphatic carbocycles. The molecule has 0 atom stereocenters. The minimum atomic E-state index is -4.64. The highest BCUT2D eigenvalue weighted by atomic mass is 19.4. The molecule has 2 rings (SSSR count). The summed E-state index contributed by atoms with van der Waals surface area (Å²) in [5, 5.41) is 26.9. The van der Waals surface area contributed by atoms with Crippen molar-refractivity contribution in [1.29, 1.82) is 0 Å². The van der Waals surface area contributed by atoms with Crippen LogP contribution in [0.5, 0.6) is 0 Å². The fourth-order valence-corrected chi connectivity index (χ4v) is 4.74. The minimum absolute atomic E-state index is 0.115. The smallest absolute Gasteiger partial charge is 0.416 e. The van der Waals surface area contributed by atoms with E-state index in [1.807, 2.05) is 6.07 Å². The highest BCUT2D eigenvalue weighted by molar-refractivity contribution is 6.03. The maximum Gasteiger partial charge on any atom is 0.416 e. The third-order valence-corrected chi connectivity index (χ3v) is 7.16. The molecule has 0 radical (unpaired) electrons. The molecule has 11 heteroatoms. The number of halogens is 3. The van der Waals surface area contributed by atoms with Crippen LogP contribution in [0.4, 0.5) is 13.2 Å². The topological polar surface area (TPSA) is 138 Å². The molecule has 0 spiro atoms. The van der Waals surface area contributed by atoms with E-state index in [-0.39, 0.29) is 11.1 Å². The largest absolute Gasteiger partial charge is 0.480 e. The number of carbonyl (C=O) groups is 4. The Morgan fingerprint density at radius 1 is 0.733 bits per heavy atom. The van der Waals surface area contributed by atoms with E-state index in [9.17, 15) is 37.5 Å². The van der Waals surface area contributed by atoms with Gasteiger partial charge in [0.05, 0.1) is 23.3 Å². The quantitative estimate of drug-likeness (QED) is 0.0789. The Labute approximate surface area is 262 Å². The van der Waals surface area contributed by atoms with Gasteiger partial charge < -0.3 is 20.1 Å². The number of unbranched alkanes of at least 4 members (excludes halogenated alkanes) is 10. The molecule has 45 heavy (non-hydrogen) atoms. The van der Waals surface area contributed by atoms with E-state index in [0.717, 1.165) is 55.9 Å². The first-order valence-electron chi connectivity index (χ1n) is 15.5. The first kappa shape index (κ1) is 39.1. The molecule has 0 aliphatic rings. The monoisotopic (exact) mass is 638 g/mol. The molecule has 3 N–H and O–H groups in total. The van der Waals surface area contributed by atoms with E-state index in [1.165, 1.54) is 44.9 Å². The summed E-state index contributed by atoms with van der Waals surface area (Å²) in [4.78, 5) is 45.5. The van der Waals surface area contributed by atoms with Gasteiger partial charge in [0.2, 0.25) is 0 Å². The number of carbonyl (C=O) groups excluding carboxylic acids is 1. The lowest BCUT2D eigenvalue weighted by Gasteiger charge is -2.12. The number of rotatable bonds is 19. The fraction of sp³-hybridized carbons (Fsp3) is 0.529. The molecule has 0 amide bonds. The van der Waals surface area contributed by atoms with E-state index in [0.29, 0.717) is 19.1 Å². The number of benzene rings is 2. The third-order valence-electron chi connectivity index (χ3n) is 7.16. The van der Waals surface area contributed by atoms with Crippen LogP contribution < -0.4 is 0 Å². The number of aliphatic carboxylic acids is 2. The van der Waals surface area contributed by atoms with Crippen LogP contribution in [0.25, 0.3) is 0 Å². The Kier molecular flexibility index (Phi) is 18.2. The van der Waals surface area contributed by atoms with E-state index in [2.05, 4.69) is 13.8 Å². The van der Waals surface area contributed by atoms with Crippen molar-refractivity contribution >= 4 is 23.9 Å². The summed E-state index contributed by atoms with van der Waals surface area (Å²) >= 11 is 0. The Balaban J connectivity index is 0.000000507. The van der Waals surface area contributed by atoms with Gasteiger partial charge in [0, 0.05) is 0 Å². The van der Waals surface area contributed by atoms with Gasteiger partial charge in [-0.3, -0.25) is 9.59 Å². The van der Waals surface area contributed by atoms with Gasteiger partial charge in [-0.15, -0.1) is 0 Å². The number of aryl methyl sites for hydroxylation is 1. The Bertz CT molecular complexity index is 1210. The number of ether oxygens (including phenoxy) is 1. The number of aromatic carboxylic acids is 1. The molecule has 2 aromatic carbocycles. The summed E-state index contributed by atoms with van der Waals surface area (Å²) in [6.07, 6.45) is 9.64. The molecular formula is C34H45F3O8. The summed E-state index contributed by atoms with van der Waals surface area (Å²) in [7, 11) is 0. The normalized spacial score (nSPS) is 11.1. The Morgan fingerprint density at radius 2 is 1.27 bits per heavy atom. The van der Waals surface area contributed by atoms with Crippen molar-refractivity contribution in [3.8, 4) is 0 Å². The van der Waals surface area contributed by atoms with Crippen LogP contribution >= 0.6 is 0 Å². The SMILES string of the molecule is CCCCCCCCOC(=O)c1cccc(CCCCCCCC)c1C(=O)O.O=C(O)C(C(=O)O)c1cccc(C(F)(F)F)c1. The minimum Gasteiger partial charge on any atom is -0.480 e. The average Bonchev–Trinajstić information content (AvgIpc) is 2.97. The van der Waals surface area contributed by atoms with Crippen molar-refractivity contribution in [2.75, 3.05) is 6.61 Å². The zero-order chi connectivity index (χ0) is 33.8. The molecule has 0 unspecified atom stereocenters. The number of alkyl halides is 3.